The number of amides is 1. The first kappa shape index (κ1) is 18.9. The molecule has 2 aromatic carbocycles. The van der Waals surface area contributed by atoms with Crippen molar-refractivity contribution in [3.05, 3.63) is 54.1 Å². The Morgan fingerprint density at radius 3 is 2.56 bits per heavy atom. The SMILES string of the molecule is Cc1cccc(Oc2ccc(NC(=O)CN3CCC(C)(C(=O)O)C3)cc2)c1. The number of carbonyl (C=O) groups excluding carboxylic acids is 1. The average Bonchev–Trinajstić information content (AvgIpc) is 2.99. The van der Waals surface area contributed by atoms with E-state index in [1.807, 2.05) is 36.1 Å². The highest BCUT2D eigenvalue weighted by atomic mass is 16.5. The fourth-order valence-corrected chi connectivity index (χ4v) is 3.19. The van der Waals surface area contributed by atoms with Crippen LogP contribution in [0.5, 0.6) is 11.5 Å². The highest BCUT2D eigenvalue weighted by Crippen LogP contribution is 2.30. The van der Waals surface area contributed by atoms with Gasteiger partial charge in [0.05, 0.1) is 12.0 Å². The van der Waals surface area contributed by atoms with Crippen LogP contribution in [0.3, 0.4) is 0 Å². The minimum Gasteiger partial charge on any atom is -0.481 e. The lowest BCUT2D eigenvalue weighted by Crippen LogP contribution is -2.35. The molecule has 1 fully saturated rings. The number of aryl methyl sites for hydroxylation is 1. The minimum absolute atomic E-state index is 0.156. The van der Waals surface area contributed by atoms with E-state index in [0.29, 0.717) is 30.9 Å². The molecule has 0 radical (unpaired) electrons. The van der Waals surface area contributed by atoms with Gasteiger partial charge in [0.15, 0.2) is 0 Å². The van der Waals surface area contributed by atoms with Gasteiger partial charge in [0.2, 0.25) is 5.91 Å². The maximum absolute atomic E-state index is 12.2. The molecule has 2 N–H and O–H groups in total. The number of likely N-dealkylation sites (tertiary alicyclic amines) is 1. The summed E-state index contributed by atoms with van der Waals surface area (Å²) in [5.41, 5.74) is 1.03. The average molecular weight is 368 g/mol. The monoisotopic (exact) mass is 368 g/mol. The molecule has 27 heavy (non-hydrogen) atoms. The first-order valence-corrected chi connectivity index (χ1v) is 8.94. The summed E-state index contributed by atoms with van der Waals surface area (Å²) >= 11 is 0. The molecule has 2 aromatic rings. The zero-order valence-electron chi connectivity index (χ0n) is 15.6. The predicted molar refractivity (Wildman–Crippen MR) is 103 cm³/mol. The highest BCUT2D eigenvalue weighted by molar-refractivity contribution is 5.92. The maximum atomic E-state index is 12.2. The number of hydrogen-bond donors (Lipinski definition) is 2. The molecule has 142 valence electrons. The third kappa shape index (κ3) is 4.86. The van der Waals surface area contributed by atoms with Gasteiger partial charge in [-0.1, -0.05) is 12.1 Å². The van der Waals surface area contributed by atoms with Gasteiger partial charge < -0.3 is 15.2 Å². The summed E-state index contributed by atoms with van der Waals surface area (Å²) in [4.78, 5) is 25.4. The van der Waals surface area contributed by atoms with Crippen LogP contribution in [-0.4, -0.2) is 41.5 Å². The van der Waals surface area contributed by atoms with Crippen LogP contribution in [0.25, 0.3) is 0 Å². The number of carboxylic acid groups (broad SMARTS) is 1. The van der Waals surface area contributed by atoms with Crippen LogP contribution < -0.4 is 10.1 Å². The number of anilines is 1. The Bertz CT molecular complexity index is 834. The van der Waals surface area contributed by atoms with E-state index >= 15 is 0 Å². The molecule has 6 heteroatoms. The van der Waals surface area contributed by atoms with Gasteiger partial charge in [-0.2, -0.15) is 0 Å². The van der Waals surface area contributed by atoms with Crippen LogP contribution in [0.1, 0.15) is 18.9 Å². The molecule has 3 rings (SSSR count). The number of aliphatic carboxylic acids is 1. The maximum Gasteiger partial charge on any atom is 0.310 e. The van der Waals surface area contributed by atoms with Gasteiger partial charge in [0.1, 0.15) is 11.5 Å². The summed E-state index contributed by atoms with van der Waals surface area (Å²) in [6.45, 7) is 4.91. The smallest absolute Gasteiger partial charge is 0.310 e. The van der Waals surface area contributed by atoms with Crippen molar-refractivity contribution < 1.29 is 19.4 Å². The summed E-state index contributed by atoms with van der Waals surface area (Å²) in [5, 5.41) is 12.1. The Morgan fingerprint density at radius 2 is 1.93 bits per heavy atom. The molecule has 1 saturated heterocycles. The zero-order chi connectivity index (χ0) is 19.4. The summed E-state index contributed by atoms with van der Waals surface area (Å²) in [6, 6.07) is 15.0. The summed E-state index contributed by atoms with van der Waals surface area (Å²) in [6.07, 6.45) is 0.556. The molecular weight excluding hydrogens is 344 g/mol. The zero-order valence-corrected chi connectivity index (χ0v) is 15.6. The molecular formula is C21H24N2O4. The molecule has 6 nitrogen and oxygen atoms in total. The lowest BCUT2D eigenvalue weighted by Gasteiger charge is -2.19. The topological polar surface area (TPSA) is 78.9 Å². The molecule has 1 aliphatic heterocycles. The molecule has 1 amide bonds. The quantitative estimate of drug-likeness (QED) is 0.816. The van der Waals surface area contributed by atoms with Crippen LogP contribution in [0, 0.1) is 12.3 Å². The van der Waals surface area contributed by atoms with Crippen molar-refractivity contribution in [2.24, 2.45) is 5.41 Å². The van der Waals surface area contributed by atoms with Gasteiger partial charge in [0.25, 0.3) is 0 Å². The summed E-state index contributed by atoms with van der Waals surface area (Å²) < 4.78 is 5.80. The third-order valence-electron chi connectivity index (χ3n) is 4.80. The first-order chi connectivity index (χ1) is 12.8. The first-order valence-electron chi connectivity index (χ1n) is 8.94. The number of benzene rings is 2. The van der Waals surface area contributed by atoms with Gasteiger partial charge >= 0.3 is 5.97 Å². The normalized spacial score (nSPS) is 19.6. The van der Waals surface area contributed by atoms with Crippen LogP contribution in [0.2, 0.25) is 0 Å². The van der Waals surface area contributed by atoms with Crippen LogP contribution >= 0.6 is 0 Å². The van der Waals surface area contributed by atoms with E-state index in [4.69, 9.17) is 4.74 Å². The standard InChI is InChI=1S/C21H24N2O4/c1-15-4-3-5-18(12-15)27-17-8-6-16(7-9-17)22-19(24)13-23-11-10-21(2,14-23)20(25)26/h3-9,12H,10-11,13-14H2,1-2H3,(H,22,24)(H,25,26). The second-order valence-corrected chi connectivity index (χ2v) is 7.32. The number of rotatable bonds is 6. The van der Waals surface area contributed by atoms with Crippen LogP contribution in [0.15, 0.2) is 48.5 Å². The van der Waals surface area contributed by atoms with Gasteiger partial charge in [-0.05, 0) is 68.8 Å². The Labute approximate surface area is 158 Å². The largest absolute Gasteiger partial charge is 0.481 e. The van der Waals surface area contributed by atoms with Gasteiger partial charge in [-0.25, -0.2) is 0 Å². The minimum atomic E-state index is -0.811. The molecule has 1 unspecified atom stereocenters. The van der Waals surface area contributed by atoms with Crippen LogP contribution in [0.4, 0.5) is 5.69 Å². The van der Waals surface area contributed by atoms with Gasteiger partial charge in [0, 0.05) is 12.2 Å². The van der Waals surface area contributed by atoms with Crippen molar-refractivity contribution in [3.8, 4) is 11.5 Å². The number of carbonyl (C=O) groups is 2. The number of hydrogen-bond acceptors (Lipinski definition) is 4. The van der Waals surface area contributed by atoms with Crippen molar-refractivity contribution in [1.29, 1.82) is 0 Å². The van der Waals surface area contributed by atoms with Crippen molar-refractivity contribution in [3.63, 3.8) is 0 Å². The van der Waals surface area contributed by atoms with Crippen molar-refractivity contribution >= 4 is 17.6 Å². The molecule has 0 aromatic heterocycles. The lowest BCUT2D eigenvalue weighted by molar-refractivity contribution is -0.147. The molecule has 0 bridgehead atoms. The van der Waals surface area contributed by atoms with E-state index in [-0.39, 0.29) is 12.5 Å². The second kappa shape index (κ2) is 7.80. The number of ether oxygens (including phenoxy) is 1. The van der Waals surface area contributed by atoms with E-state index < -0.39 is 11.4 Å². The molecule has 0 spiro atoms. The fraction of sp³-hybridized carbons (Fsp3) is 0.333. The van der Waals surface area contributed by atoms with E-state index in [2.05, 4.69) is 5.32 Å². The van der Waals surface area contributed by atoms with E-state index in [9.17, 15) is 14.7 Å². The molecule has 0 saturated carbocycles. The second-order valence-electron chi connectivity index (χ2n) is 7.32. The van der Waals surface area contributed by atoms with Crippen molar-refractivity contribution in [2.75, 3.05) is 25.0 Å². The van der Waals surface area contributed by atoms with E-state index in [1.54, 1.807) is 31.2 Å². The molecule has 1 heterocycles. The summed E-state index contributed by atoms with van der Waals surface area (Å²) in [5.74, 6) is 0.490. The van der Waals surface area contributed by atoms with Gasteiger partial charge in [-0.3, -0.25) is 14.5 Å². The summed E-state index contributed by atoms with van der Waals surface area (Å²) in [7, 11) is 0. The van der Waals surface area contributed by atoms with E-state index in [0.717, 1.165) is 11.3 Å². The Balaban J connectivity index is 1.52. The lowest BCUT2D eigenvalue weighted by atomic mass is 9.90. The van der Waals surface area contributed by atoms with E-state index in [1.165, 1.54) is 0 Å². The van der Waals surface area contributed by atoms with Crippen molar-refractivity contribution in [2.45, 2.75) is 20.3 Å². The van der Waals surface area contributed by atoms with Crippen molar-refractivity contribution in [1.82, 2.24) is 4.90 Å². The third-order valence-corrected chi connectivity index (χ3v) is 4.80. The predicted octanol–water partition coefficient (Wildman–Crippen LogP) is 3.52. The van der Waals surface area contributed by atoms with Gasteiger partial charge in [-0.15, -0.1) is 0 Å². The number of nitrogens with one attached hydrogen (secondary N) is 1. The fourth-order valence-electron chi connectivity index (χ4n) is 3.19. The Morgan fingerprint density at radius 1 is 1.19 bits per heavy atom. The molecule has 0 aliphatic carbocycles. The number of carboxylic acids is 1. The molecule has 1 atom stereocenters. The molecule has 1 aliphatic rings. The Hall–Kier alpha value is -2.86. The number of nitrogens with zero attached hydrogens (tertiary/aromatic N) is 1. The highest BCUT2D eigenvalue weighted by Gasteiger charge is 2.40. The van der Waals surface area contributed by atoms with Crippen LogP contribution in [-0.2, 0) is 9.59 Å². The Kier molecular flexibility index (Phi) is 5.46.